The van der Waals surface area contributed by atoms with Crippen molar-refractivity contribution in [2.45, 2.75) is 38.0 Å². The number of fused-ring (bicyclic) bond motifs is 3. The van der Waals surface area contributed by atoms with Crippen molar-refractivity contribution < 1.29 is 14.3 Å². The fraction of sp³-hybridized carbons (Fsp3) is 0.159. The molecule has 0 spiro atoms. The molecule has 4 heteroatoms. The minimum atomic E-state index is -0.514. The first-order chi connectivity index (χ1) is 23.6. The average Bonchev–Trinajstić information content (AvgIpc) is 3.44. The largest absolute Gasteiger partial charge is 0.494 e. The van der Waals surface area contributed by atoms with Crippen molar-refractivity contribution in [1.29, 1.82) is 0 Å². The topological polar surface area (TPSA) is 35.5 Å². The van der Waals surface area contributed by atoms with Gasteiger partial charge < -0.3 is 9.47 Å². The Kier molecular flexibility index (Phi) is 8.88. The van der Waals surface area contributed by atoms with E-state index in [1.165, 1.54) is 38.9 Å². The summed E-state index contributed by atoms with van der Waals surface area (Å²) in [5.74, 6) is 2.56. The first kappa shape index (κ1) is 31.5. The van der Waals surface area contributed by atoms with E-state index in [0.717, 1.165) is 29.9 Å². The summed E-state index contributed by atoms with van der Waals surface area (Å²) in [6, 6.07) is 47.3. The van der Waals surface area contributed by atoms with Gasteiger partial charge in [-0.25, -0.2) is 0 Å². The quantitative estimate of drug-likeness (QED) is 0.103. The number of alkyl halides is 1. The number of benzene rings is 6. The Morgan fingerprint density at radius 3 is 1.67 bits per heavy atom. The van der Waals surface area contributed by atoms with E-state index in [0.29, 0.717) is 29.4 Å². The van der Waals surface area contributed by atoms with E-state index in [9.17, 15) is 4.79 Å². The van der Waals surface area contributed by atoms with Crippen LogP contribution in [0.3, 0.4) is 0 Å². The van der Waals surface area contributed by atoms with Gasteiger partial charge in [0.05, 0.1) is 12.0 Å². The van der Waals surface area contributed by atoms with Crippen LogP contribution in [0.1, 0.15) is 69.6 Å². The Balaban J connectivity index is 1.22. The van der Waals surface area contributed by atoms with Crippen LogP contribution in [0.25, 0.3) is 11.1 Å². The van der Waals surface area contributed by atoms with Crippen molar-refractivity contribution >= 4 is 17.4 Å². The van der Waals surface area contributed by atoms with Crippen LogP contribution in [-0.2, 0) is 17.7 Å². The Labute approximate surface area is 287 Å². The third-order valence-corrected chi connectivity index (χ3v) is 9.61. The van der Waals surface area contributed by atoms with Gasteiger partial charge in [-0.05, 0) is 119 Å². The predicted octanol–water partition coefficient (Wildman–Crippen LogP) is 11.2. The van der Waals surface area contributed by atoms with Crippen molar-refractivity contribution in [2.24, 2.45) is 0 Å². The summed E-state index contributed by atoms with van der Waals surface area (Å²) >= 11 is 6.57. The number of hydrogen-bond donors (Lipinski definition) is 0. The van der Waals surface area contributed by atoms with Gasteiger partial charge in [0.15, 0.2) is 5.78 Å². The smallest absolute Gasteiger partial charge is 0.193 e. The van der Waals surface area contributed by atoms with E-state index in [1.807, 2.05) is 43.3 Å². The molecule has 6 aromatic carbocycles. The van der Waals surface area contributed by atoms with Crippen LogP contribution in [0.2, 0.25) is 0 Å². The first-order valence-corrected chi connectivity index (χ1v) is 17.1. The van der Waals surface area contributed by atoms with Crippen molar-refractivity contribution in [2.75, 3.05) is 6.61 Å². The number of ether oxygens (including phenoxy) is 2. The lowest BCUT2D eigenvalue weighted by Crippen LogP contribution is -2.28. The molecular weight excluding hydrogens is 612 g/mol. The van der Waals surface area contributed by atoms with Crippen molar-refractivity contribution in [3.63, 3.8) is 0 Å². The third-order valence-electron chi connectivity index (χ3n) is 9.32. The zero-order chi connectivity index (χ0) is 33.1. The van der Waals surface area contributed by atoms with Crippen LogP contribution in [0.15, 0.2) is 140 Å². The lowest BCUT2D eigenvalue weighted by molar-refractivity contribution is 0.103. The zero-order valence-corrected chi connectivity index (χ0v) is 28.0. The number of rotatable bonds is 11. The lowest BCUT2D eigenvalue weighted by atomic mass is 9.67. The average molecular weight is 649 g/mol. The van der Waals surface area contributed by atoms with Crippen molar-refractivity contribution in [3.8, 4) is 28.4 Å². The monoisotopic (exact) mass is 648 g/mol. The summed E-state index contributed by atoms with van der Waals surface area (Å²) in [6.07, 6.45) is 2.08. The van der Waals surface area contributed by atoms with Crippen LogP contribution in [0, 0.1) is 0 Å². The summed E-state index contributed by atoms with van der Waals surface area (Å²) in [5.41, 5.74) is 10.6. The molecule has 7 rings (SSSR count). The molecule has 0 amide bonds. The van der Waals surface area contributed by atoms with Gasteiger partial charge in [-0.2, -0.15) is 0 Å². The molecule has 6 aromatic rings. The fourth-order valence-corrected chi connectivity index (χ4v) is 7.39. The second kappa shape index (κ2) is 13.5. The molecule has 0 fully saturated rings. The summed E-state index contributed by atoms with van der Waals surface area (Å²) in [6.45, 7) is 4.73. The van der Waals surface area contributed by atoms with E-state index in [-0.39, 0.29) is 5.78 Å². The lowest BCUT2D eigenvalue weighted by Gasteiger charge is -2.34. The van der Waals surface area contributed by atoms with E-state index in [1.54, 1.807) is 24.3 Å². The standard InChI is InChI=1S/C44H37ClO3/c1-3-9-30-14-19-35(28-33(30)29-45)44(41-12-7-5-10-39(41)40-11-6-8-13-42(40)44)34-20-26-38(27-21-34)48-37-24-17-32(18-25-37)43(46)31-15-22-36(23-16-31)47-4-2/h5-8,10-28H,3-4,9,29H2,1-2H3. The van der Waals surface area contributed by atoms with Crippen LogP contribution in [0.4, 0.5) is 0 Å². The van der Waals surface area contributed by atoms with Gasteiger partial charge in [0, 0.05) is 17.0 Å². The molecule has 0 saturated carbocycles. The Bertz CT molecular complexity index is 2020. The molecule has 0 unspecified atom stereocenters. The second-order valence-electron chi connectivity index (χ2n) is 12.1. The molecular formula is C44H37ClO3. The van der Waals surface area contributed by atoms with E-state index in [2.05, 4.69) is 85.8 Å². The Hall–Kier alpha value is -5.12. The third kappa shape index (κ3) is 5.59. The molecule has 0 radical (unpaired) electrons. The normalized spacial score (nSPS) is 12.6. The van der Waals surface area contributed by atoms with Crippen LogP contribution in [-0.4, -0.2) is 12.4 Å². The van der Waals surface area contributed by atoms with E-state index >= 15 is 0 Å². The Morgan fingerprint density at radius 2 is 1.12 bits per heavy atom. The van der Waals surface area contributed by atoms with E-state index in [4.69, 9.17) is 21.1 Å². The number of carbonyl (C=O) groups excluding carboxylic acids is 1. The molecule has 3 nitrogen and oxygen atoms in total. The number of hydrogen-bond acceptors (Lipinski definition) is 3. The molecule has 238 valence electrons. The summed E-state index contributed by atoms with van der Waals surface area (Å²) in [5, 5.41) is 0. The van der Waals surface area contributed by atoms with Crippen molar-refractivity contribution in [3.05, 3.63) is 184 Å². The van der Waals surface area contributed by atoms with Gasteiger partial charge in [-0.3, -0.25) is 4.79 Å². The van der Waals surface area contributed by atoms with Gasteiger partial charge in [0.25, 0.3) is 0 Å². The highest BCUT2D eigenvalue weighted by atomic mass is 35.5. The second-order valence-corrected chi connectivity index (χ2v) is 12.4. The zero-order valence-electron chi connectivity index (χ0n) is 27.2. The Morgan fingerprint density at radius 1 is 0.604 bits per heavy atom. The maximum Gasteiger partial charge on any atom is 0.193 e. The highest BCUT2D eigenvalue weighted by Crippen LogP contribution is 2.56. The van der Waals surface area contributed by atoms with Gasteiger partial charge >= 0.3 is 0 Å². The van der Waals surface area contributed by atoms with E-state index < -0.39 is 5.41 Å². The molecule has 48 heavy (non-hydrogen) atoms. The molecule has 0 atom stereocenters. The molecule has 0 heterocycles. The van der Waals surface area contributed by atoms with Crippen LogP contribution in [0.5, 0.6) is 17.2 Å². The minimum Gasteiger partial charge on any atom is -0.494 e. The SMILES string of the molecule is CCCc1ccc(C2(c3ccc(Oc4ccc(C(=O)c5ccc(OCC)cc5)cc4)cc3)c3ccccc3-c3ccccc32)cc1CCl. The molecule has 0 N–H and O–H groups in total. The number of halogens is 1. The van der Waals surface area contributed by atoms with Crippen LogP contribution >= 0.6 is 11.6 Å². The number of carbonyl (C=O) groups is 1. The van der Waals surface area contributed by atoms with Gasteiger partial charge in [-0.1, -0.05) is 92.2 Å². The molecule has 0 saturated heterocycles. The van der Waals surface area contributed by atoms with Crippen molar-refractivity contribution in [1.82, 2.24) is 0 Å². The highest BCUT2D eigenvalue weighted by Gasteiger charge is 2.46. The summed E-state index contributed by atoms with van der Waals surface area (Å²) in [4.78, 5) is 13.1. The number of aryl methyl sites for hydroxylation is 1. The van der Waals surface area contributed by atoms with Gasteiger partial charge in [-0.15, -0.1) is 11.6 Å². The molecule has 1 aliphatic rings. The fourth-order valence-electron chi connectivity index (χ4n) is 7.14. The summed E-state index contributed by atoms with van der Waals surface area (Å²) in [7, 11) is 0. The van der Waals surface area contributed by atoms with Gasteiger partial charge in [0.2, 0.25) is 0 Å². The maximum absolute atomic E-state index is 13.1. The first-order valence-electron chi connectivity index (χ1n) is 16.6. The molecule has 0 aliphatic heterocycles. The highest BCUT2D eigenvalue weighted by molar-refractivity contribution is 6.17. The molecule has 0 bridgehead atoms. The number of ketones is 1. The van der Waals surface area contributed by atoms with Gasteiger partial charge in [0.1, 0.15) is 17.2 Å². The minimum absolute atomic E-state index is 0.0450. The maximum atomic E-state index is 13.1. The van der Waals surface area contributed by atoms with Crippen LogP contribution < -0.4 is 9.47 Å². The molecule has 1 aliphatic carbocycles. The predicted molar refractivity (Wildman–Crippen MR) is 195 cm³/mol. The summed E-state index contributed by atoms with van der Waals surface area (Å²) < 4.78 is 11.8. The molecule has 0 aromatic heterocycles.